The second-order valence-corrected chi connectivity index (χ2v) is 5.96. The van der Waals surface area contributed by atoms with E-state index in [-0.39, 0.29) is 0 Å². The molecule has 1 heteroatoms. The van der Waals surface area contributed by atoms with Crippen LogP contribution < -0.4 is 5.32 Å². The predicted octanol–water partition coefficient (Wildman–Crippen LogP) is 3.45. The van der Waals surface area contributed by atoms with Gasteiger partial charge in [0.05, 0.1) is 0 Å². The van der Waals surface area contributed by atoms with Crippen LogP contribution in [0.4, 0.5) is 0 Å². The molecule has 0 aromatic heterocycles. The fourth-order valence-corrected chi connectivity index (χ4v) is 3.81. The van der Waals surface area contributed by atoms with E-state index in [0.717, 1.165) is 23.7 Å². The van der Waals surface area contributed by atoms with E-state index in [4.69, 9.17) is 0 Å². The molecule has 1 nitrogen and oxygen atoms in total. The Hall–Kier alpha value is -0.0400. The fourth-order valence-electron chi connectivity index (χ4n) is 3.81. The first-order valence-corrected chi connectivity index (χ1v) is 6.99. The molecule has 2 fully saturated rings. The molecule has 2 unspecified atom stereocenters. The molecule has 0 radical (unpaired) electrons. The minimum Gasteiger partial charge on any atom is -0.316 e. The zero-order valence-corrected chi connectivity index (χ0v) is 10.5. The van der Waals surface area contributed by atoms with Crippen LogP contribution >= 0.6 is 0 Å². The quantitative estimate of drug-likeness (QED) is 0.734. The zero-order valence-electron chi connectivity index (χ0n) is 10.5. The lowest BCUT2D eigenvalue weighted by Gasteiger charge is -2.41. The maximum atomic E-state index is 3.62. The van der Waals surface area contributed by atoms with Gasteiger partial charge < -0.3 is 5.32 Å². The average Bonchev–Trinajstić information content (AvgIpc) is 2.30. The highest BCUT2D eigenvalue weighted by atomic mass is 14.9. The highest BCUT2D eigenvalue weighted by molar-refractivity contribution is 4.86. The largest absolute Gasteiger partial charge is 0.316 e. The minimum atomic E-state index is 0.888. The third-order valence-corrected chi connectivity index (χ3v) is 4.70. The molecule has 15 heavy (non-hydrogen) atoms. The van der Waals surface area contributed by atoms with Crippen LogP contribution in [0, 0.1) is 23.7 Å². The Kier molecular flexibility index (Phi) is 4.07. The van der Waals surface area contributed by atoms with Gasteiger partial charge in [-0.3, -0.25) is 0 Å². The van der Waals surface area contributed by atoms with Gasteiger partial charge >= 0.3 is 0 Å². The summed E-state index contributed by atoms with van der Waals surface area (Å²) < 4.78 is 0. The lowest BCUT2D eigenvalue weighted by molar-refractivity contribution is 0.109. The van der Waals surface area contributed by atoms with Gasteiger partial charge in [0.1, 0.15) is 0 Å². The van der Waals surface area contributed by atoms with E-state index in [1.807, 2.05) is 0 Å². The maximum Gasteiger partial charge on any atom is -0.00151 e. The number of hydrogen-bond acceptors (Lipinski definition) is 1. The highest BCUT2D eigenvalue weighted by Crippen LogP contribution is 2.38. The van der Waals surface area contributed by atoms with Crippen LogP contribution in [-0.4, -0.2) is 13.1 Å². The van der Waals surface area contributed by atoms with Crippen LogP contribution in [-0.2, 0) is 0 Å². The Morgan fingerprint density at radius 3 is 2.40 bits per heavy atom. The van der Waals surface area contributed by atoms with Crippen LogP contribution in [0.5, 0.6) is 0 Å². The summed E-state index contributed by atoms with van der Waals surface area (Å²) in [4.78, 5) is 0. The Morgan fingerprint density at radius 2 is 1.73 bits per heavy atom. The predicted molar refractivity (Wildman–Crippen MR) is 65.9 cm³/mol. The first-order chi connectivity index (χ1) is 7.29. The maximum absolute atomic E-state index is 3.62. The second-order valence-electron chi connectivity index (χ2n) is 5.96. The van der Waals surface area contributed by atoms with Gasteiger partial charge in [-0.05, 0) is 43.2 Å². The molecule has 88 valence electrons. The van der Waals surface area contributed by atoms with E-state index in [9.17, 15) is 0 Å². The first kappa shape index (κ1) is 11.4. The summed E-state index contributed by atoms with van der Waals surface area (Å²) in [5.41, 5.74) is 0. The standard InChI is InChI=1S/C14H27N/c1-11(2)13-8-9-15-10-14(13)12-6-4-3-5-7-12/h11-15H,3-10H2,1-2H3. The SMILES string of the molecule is CC(C)C1CCNCC1C1CCCCC1. The molecule has 0 amide bonds. The van der Waals surface area contributed by atoms with Crippen LogP contribution in [0.3, 0.4) is 0 Å². The van der Waals surface area contributed by atoms with Gasteiger partial charge in [-0.25, -0.2) is 0 Å². The molecule has 0 bridgehead atoms. The third kappa shape index (κ3) is 2.75. The monoisotopic (exact) mass is 209 g/mol. The van der Waals surface area contributed by atoms with E-state index in [0.29, 0.717) is 0 Å². The summed E-state index contributed by atoms with van der Waals surface area (Å²) in [6, 6.07) is 0. The highest BCUT2D eigenvalue weighted by Gasteiger charge is 2.33. The smallest absolute Gasteiger partial charge is 0.00151 e. The van der Waals surface area contributed by atoms with Crippen molar-refractivity contribution in [2.75, 3.05) is 13.1 Å². The molecule has 2 aliphatic rings. The Balaban J connectivity index is 1.96. The van der Waals surface area contributed by atoms with Crippen molar-refractivity contribution in [3.63, 3.8) is 0 Å². The van der Waals surface area contributed by atoms with Crippen LogP contribution in [0.2, 0.25) is 0 Å². The van der Waals surface area contributed by atoms with Gasteiger partial charge in [-0.1, -0.05) is 46.0 Å². The number of piperidine rings is 1. The molecule has 1 saturated carbocycles. The Morgan fingerprint density at radius 1 is 1.00 bits per heavy atom. The van der Waals surface area contributed by atoms with E-state index in [1.54, 1.807) is 0 Å². The molecule has 0 spiro atoms. The molecule has 1 heterocycles. The molecule has 2 atom stereocenters. The molecule has 0 aromatic rings. The van der Waals surface area contributed by atoms with E-state index < -0.39 is 0 Å². The van der Waals surface area contributed by atoms with Gasteiger partial charge in [0.2, 0.25) is 0 Å². The van der Waals surface area contributed by atoms with Gasteiger partial charge in [0, 0.05) is 0 Å². The minimum absolute atomic E-state index is 0.888. The van der Waals surface area contributed by atoms with Crippen molar-refractivity contribution in [2.45, 2.75) is 52.4 Å². The molecule has 1 aliphatic heterocycles. The van der Waals surface area contributed by atoms with Gasteiger partial charge in [-0.15, -0.1) is 0 Å². The number of rotatable bonds is 2. The van der Waals surface area contributed by atoms with Crippen molar-refractivity contribution in [3.05, 3.63) is 0 Å². The summed E-state index contributed by atoms with van der Waals surface area (Å²) in [6.45, 7) is 7.40. The molecular weight excluding hydrogens is 182 g/mol. The number of nitrogens with one attached hydrogen (secondary N) is 1. The van der Waals surface area contributed by atoms with Crippen LogP contribution in [0.1, 0.15) is 52.4 Å². The van der Waals surface area contributed by atoms with Crippen LogP contribution in [0.15, 0.2) is 0 Å². The number of hydrogen-bond donors (Lipinski definition) is 1. The van der Waals surface area contributed by atoms with Crippen molar-refractivity contribution >= 4 is 0 Å². The first-order valence-electron chi connectivity index (χ1n) is 6.99. The topological polar surface area (TPSA) is 12.0 Å². The third-order valence-electron chi connectivity index (χ3n) is 4.70. The van der Waals surface area contributed by atoms with Gasteiger partial charge in [-0.2, -0.15) is 0 Å². The molecule has 1 aliphatic carbocycles. The molecular formula is C14H27N. The lowest BCUT2D eigenvalue weighted by Crippen LogP contribution is -2.42. The summed E-state index contributed by atoms with van der Waals surface area (Å²) in [5.74, 6) is 3.91. The second kappa shape index (κ2) is 5.34. The van der Waals surface area contributed by atoms with E-state index in [1.165, 1.54) is 51.6 Å². The lowest BCUT2D eigenvalue weighted by atomic mass is 9.68. The van der Waals surface area contributed by atoms with Crippen molar-refractivity contribution in [3.8, 4) is 0 Å². The van der Waals surface area contributed by atoms with Gasteiger partial charge in [0.25, 0.3) is 0 Å². The summed E-state index contributed by atoms with van der Waals surface area (Å²) in [5, 5.41) is 3.62. The van der Waals surface area contributed by atoms with E-state index in [2.05, 4.69) is 19.2 Å². The summed E-state index contributed by atoms with van der Waals surface area (Å²) >= 11 is 0. The van der Waals surface area contributed by atoms with Crippen molar-refractivity contribution in [1.29, 1.82) is 0 Å². The summed E-state index contributed by atoms with van der Waals surface area (Å²) in [7, 11) is 0. The zero-order chi connectivity index (χ0) is 10.7. The molecule has 1 N–H and O–H groups in total. The van der Waals surface area contributed by atoms with Crippen molar-refractivity contribution in [1.82, 2.24) is 5.32 Å². The van der Waals surface area contributed by atoms with Crippen molar-refractivity contribution in [2.24, 2.45) is 23.7 Å². The summed E-state index contributed by atoms with van der Waals surface area (Å²) in [6.07, 6.45) is 8.91. The van der Waals surface area contributed by atoms with Crippen molar-refractivity contribution < 1.29 is 0 Å². The van der Waals surface area contributed by atoms with Gasteiger partial charge in [0.15, 0.2) is 0 Å². The molecule has 1 saturated heterocycles. The van der Waals surface area contributed by atoms with Crippen LogP contribution in [0.25, 0.3) is 0 Å². The Bertz CT molecular complexity index is 182. The Labute approximate surface area is 95.0 Å². The van der Waals surface area contributed by atoms with E-state index >= 15 is 0 Å². The fraction of sp³-hybridized carbons (Fsp3) is 1.00. The molecule has 2 rings (SSSR count). The molecule has 0 aromatic carbocycles. The normalized spacial score (nSPS) is 34.6. The average molecular weight is 209 g/mol.